The van der Waals surface area contributed by atoms with Gasteiger partial charge in [0.25, 0.3) is 0 Å². The van der Waals surface area contributed by atoms with Gasteiger partial charge in [-0.1, -0.05) is 0 Å². The summed E-state index contributed by atoms with van der Waals surface area (Å²) in [6, 6.07) is 0. The highest BCUT2D eigenvalue weighted by molar-refractivity contribution is 4.95. The molecule has 0 radical (unpaired) electrons. The Labute approximate surface area is 52.8 Å². The van der Waals surface area contributed by atoms with Gasteiger partial charge in [0.1, 0.15) is 0 Å². The molecule has 0 aromatic carbocycles. The maximum Gasteiger partial charge on any atom is 0.457 e. The fourth-order valence-corrected chi connectivity index (χ4v) is 0.188. The van der Waals surface area contributed by atoms with Crippen molar-refractivity contribution in [1.82, 2.24) is 0 Å². The second kappa shape index (κ2) is 2.43. The van der Waals surface area contributed by atoms with Crippen LogP contribution in [0.2, 0.25) is 0 Å². The van der Waals surface area contributed by atoms with Crippen LogP contribution in [0, 0.1) is 0 Å². The van der Waals surface area contributed by atoms with Crippen molar-refractivity contribution in [2.75, 3.05) is 0 Å². The van der Waals surface area contributed by atoms with E-state index >= 15 is 0 Å². The highest BCUT2D eigenvalue weighted by atomic mass is 19.4. The summed E-state index contributed by atoms with van der Waals surface area (Å²) in [6.45, 7) is 0. The normalized spacial score (nSPS) is 14.5. The summed E-state index contributed by atoms with van der Waals surface area (Å²) < 4.78 is 56.4. The van der Waals surface area contributed by atoms with Crippen LogP contribution >= 0.6 is 0 Å². The molecule has 0 aromatic heterocycles. The molecule has 0 aliphatic rings. The minimum atomic E-state index is -5.63. The molecule has 1 N–H and O–H groups in total. The molecule has 0 aromatic rings. The van der Waals surface area contributed by atoms with E-state index in [2.05, 4.69) is 0 Å². The number of hydrogen-bond donors (Lipinski definition) is 1. The second-order valence-electron chi connectivity index (χ2n) is 1.44. The first-order valence-electron chi connectivity index (χ1n) is 2.08. The van der Waals surface area contributed by atoms with Crippen LogP contribution < -0.4 is 0 Å². The Morgan fingerprint density at radius 2 is 1.40 bits per heavy atom. The number of alkyl halides is 5. The predicted octanol–water partition coefficient (Wildman–Crippen LogP) is 2.26. The molecule has 0 unspecified atom stereocenters. The van der Waals surface area contributed by atoms with Gasteiger partial charge in [-0.15, -0.1) is 0 Å². The molecule has 0 heterocycles. The number of rotatable bonds is 1. The molecule has 0 aliphatic heterocycles. The van der Waals surface area contributed by atoms with E-state index in [0.29, 0.717) is 0 Å². The Kier molecular flexibility index (Phi) is 2.24. The maximum absolute atomic E-state index is 11.6. The largest absolute Gasteiger partial charge is 0.516 e. The topological polar surface area (TPSA) is 20.2 Å². The Balaban J connectivity index is 4.40. The summed E-state index contributed by atoms with van der Waals surface area (Å²) in [5.41, 5.74) is 0. The number of allylic oxidation sites excluding steroid dienone is 1. The molecule has 0 rings (SSSR count). The monoisotopic (exact) mass is 162 g/mol. The molecule has 10 heavy (non-hydrogen) atoms. The zero-order valence-corrected chi connectivity index (χ0v) is 4.49. The summed E-state index contributed by atoms with van der Waals surface area (Å²) in [5.74, 6) is -4.94. The van der Waals surface area contributed by atoms with Gasteiger partial charge in [-0.05, 0) is 0 Å². The van der Waals surface area contributed by atoms with E-state index < -0.39 is 18.2 Å². The molecule has 0 saturated heterocycles. The maximum atomic E-state index is 11.6. The smallest absolute Gasteiger partial charge is 0.457 e. The molecular formula is C4H3F5O. The third kappa shape index (κ3) is 1.85. The summed E-state index contributed by atoms with van der Waals surface area (Å²) in [4.78, 5) is 0. The van der Waals surface area contributed by atoms with Gasteiger partial charge in [0.05, 0.1) is 6.26 Å². The molecule has 0 spiro atoms. The number of hydrogen-bond acceptors (Lipinski definition) is 1. The van der Waals surface area contributed by atoms with Gasteiger partial charge < -0.3 is 5.11 Å². The Morgan fingerprint density at radius 1 is 1.00 bits per heavy atom. The van der Waals surface area contributed by atoms with Crippen molar-refractivity contribution in [3.05, 3.63) is 12.3 Å². The number of aliphatic hydroxyl groups is 1. The lowest BCUT2D eigenvalue weighted by Gasteiger charge is -2.14. The Hall–Kier alpha value is -0.810. The van der Waals surface area contributed by atoms with Crippen LogP contribution in [0.25, 0.3) is 0 Å². The SMILES string of the molecule is O/C=C/C(F)(F)C(F)(F)F. The van der Waals surface area contributed by atoms with E-state index in [4.69, 9.17) is 5.11 Å². The minimum Gasteiger partial charge on any atom is -0.516 e. The number of aliphatic hydroxyl groups excluding tert-OH is 1. The molecule has 0 atom stereocenters. The Bertz CT molecular complexity index is 135. The van der Waals surface area contributed by atoms with Crippen molar-refractivity contribution < 1.29 is 27.1 Å². The van der Waals surface area contributed by atoms with Gasteiger partial charge in [-0.2, -0.15) is 22.0 Å². The Morgan fingerprint density at radius 3 is 1.50 bits per heavy atom. The van der Waals surface area contributed by atoms with Gasteiger partial charge in [0, 0.05) is 6.08 Å². The van der Waals surface area contributed by atoms with Crippen molar-refractivity contribution in [2.24, 2.45) is 0 Å². The van der Waals surface area contributed by atoms with Crippen molar-refractivity contribution in [2.45, 2.75) is 12.1 Å². The highest BCUT2D eigenvalue weighted by Crippen LogP contribution is 2.36. The summed E-state index contributed by atoms with van der Waals surface area (Å²) in [7, 11) is 0. The lowest BCUT2D eigenvalue weighted by Crippen LogP contribution is -2.33. The minimum absolute atomic E-state index is 0.340. The fraction of sp³-hybridized carbons (Fsp3) is 0.500. The first kappa shape index (κ1) is 9.19. The van der Waals surface area contributed by atoms with Crippen LogP contribution in [0.1, 0.15) is 0 Å². The third-order valence-electron chi connectivity index (χ3n) is 0.662. The van der Waals surface area contributed by atoms with Crippen LogP contribution in [-0.4, -0.2) is 17.2 Å². The van der Waals surface area contributed by atoms with Gasteiger partial charge in [-0.25, -0.2) is 0 Å². The number of halogens is 5. The molecular weight excluding hydrogens is 159 g/mol. The summed E-state index contributed by atoms with van der Waals surface area (Å²) >= 11 is 0. The summed E-state index contributed by atoms with van der Waals surface area (Å²) in [6.07, 6.45) is -6.60. The molecule has 1 nitrogen and oxygen atoms in total. The molecule has 0 aliphatic carbocycles. The molecule has 60 valence electrons. The van der Waals surface area contributed by atoms with Crippen molar-refractivity contribution in [1.29, 1.82) is 0 Å². The lowest BCUT2D eigenvalue weighted by atomic mass is 10.3. The highest BCUT2D eigenvalue weighted by Gasteiger charge is 2.55. The van der Waals surface area contributed by atoms with Crippen molar-refractivity contribution in [3.8, 4) is 0 Å². The van der Waals surface area contributed by atoms with Crippen molar-refractivity contribution in [3.63, 3.8) is 0 Å². The van der Waals surface area contributed by atoms with Gasteiger partial charge in [0.15, 0.2) is 0 Å². The average molecular weight is 162 g/mol. The van der Waals surface area contributed by atoms with Crippen LogP contribution in [0.4, 0.5) is 22.0 Å². The molecule has 6 heteroatoms. The van der Waals surface area contributed by atoms with E-state index in [1.807, 2.05) is 0 Å². The summed E-state index contributed by atoms with van der Waals surface area (Å²) in [5, 5.41) is 7.60. The van der Waals surface area contributed by atoms with Gasteiger partial charge in [-0.3, -0.25) is 0 Å². The second-order valence-corrected chi connectivity index (χ2v) is 1.44. The van der Waals surface area contributed by atoms with E-state index in [-0.39, 0.29) is 6.26 Å². The fourth-order valence-electron chi connectivity index (χ4n) is 0.188. The van der Waals surface area contributed by atoms with Crippen LogP contribution in [0.5, 0.6) is 0 Å². The first-order chi connectivity index (χ1) is 4.31. The predicted molar refractivity (Wildman–Crippen MR) is 22.8 cm³/mol. The van der Waals surface area contributed by atoms with Crippen LogP contribution in [0.3, 0.4) is 0 Å². The molecule has 0 amide bonds. The van der Waals surface area contributed by atoms with Crippen LogP contribution in [0.15, 0.2) is 12.3 Å². The standard InChI is InChI=1S/C4H3F5O/c5-3(6,1-2-10)4(7,8)9/h1-2,10H/b2-1+. The van der Waals surface area contributed by atoms with E-state index in [9.17, 15) is 22.0 Å². The van der Waals surface area contributed by atoms with Gasteiger partial charge >= 0.3 is 12.1 Å². The van der Waals surface area contributed by atoms with Crippen LogP contribution in [-0.2, 0) is 0 Å². The molecule has 0 fully saturated rings. The van der Waals surface area contributed by atoms with Crippen molar-refractivity contribution >= 4 is 0 Å². The van der Waals surface area contributed by atoms with E-state index in [1.54, 1.807) is 0 Å². The lowest BCUT2D eigenvalue weighted by molar-refractivity contribution is -0.259. The average Bonchev–Trinajstić information content (AvgIpc) is 1.61. The molecule has 0 saturated carbocycles. The molecule has 0 bridgehead atoms. The van der Waals surface area contributed by atoms with E-state index in [1.165, 1.54) is 0 Å². The third-order valence-corrected chi connectivity index (χ3v) is 0.662. The van der Waals surface area contributed by atoms with Gasteiger partial charge in [0.2, 0.25) is 0 Å². The zero-order chi connectivity index (χ0) is 8.41. The first-order valence-corrected chi connectivity index (χ1v) is 2.08. The zero-order valence-electron chi connectivity index (χ0n) is 4.49. The van der Waals surface area contributed by atoms with E-state index in [0.717, 1.165) is 0 Å². The quantitative estimate of drug-likeness (QED) is 0.463.